The lowest BCUT2D eigenvalue weighted by atomic mass is 10.6. The third-order valence-electron chi connectivity index (χ3n) is 1.02. The van der Waals surface area contributed by atoms with E-state index >= 15 is 0 Å². The van der Waals surface area contributed by atoms with Crippen LogP contribution >= 0.6 is 23.1 Å². The van der Waals surface area contributed by atoms with Gasteiger partial charge in [0.15, 0.2) is 0 Å². The Kier molecular flexibility index (Phi) is 2.29. The predicted molar refractivity (Wildman–Crippen MR) is 43.7 cm³/mol. The minimum atomic E-state index is -0.410. The number of alkyl halides is 1. The summed E-state index contributed by atoms with van der Waals surface area (Å²) in [6.45, 7) is 3.47. The average Bonchev–Trinajstić information content (AvgIpc) is 2.34. The molecule has 1 aromatic heterocycles. The van der Waals surface area contributed by atoms with E-state index in [0.29, 0.717) is 0 Å². The molecule has 0 N–H and O–H groups in total. The highest BCUT2D eigenvalue weighted by Crippen LogP contribution is 2.12. The van der Waals surface area contributed by atoms with Crippen LogP contribution in [0, 0.1) is 0 Å². The van der Waals surface area contributed by atoms with Gasteiger partial charge in [0.2, 0.25) is 0 Å². The van der Waals surface area contributed by atoms with Crippen molar-refractivity contribution in [3.63, 3.8) is 0 Å². The molecule has 0 spiro atoms. The second-order valence-corrected chi connectivity index (χ2v) is 3.00. The van der Waals surface area contributed by atoms with Crippen molar-refractivity contribution in [1.82, 2.24) is 3.96 Å². The summed E-state index contributed by atoms with van der Waals surface area (Å²) in [7, 11) is 0. The molecule has 0 radical (unpaired) electrons. The van der Waals surface area contributed by atoms with Gasteiger partial charge in [-0.2, -0.15) is 0 Å². The largest absolute Gasteiger partial charge is 0.268 e. The standard InChI is InChI=1S/C6H6ClNOS/c1-2-5(7)8-6(9)3-4-10-8/h2-5H,1H2. The van der Waals surface area contributed by atoms with Gasteiger partial charge in [-0.1, -0.05) is 35.8 Å². The SMILES string of the molecule is C=CC(Cl)n1sccc1=O. The lowest BCUT2D eigenvalue weighted by Crippen LogP contribution is -2.12. The van der Waals surface area contributed by atoms with Gasteiger partial charge in [0.05, 0.1) is 0 Å². The zero-order chi connectivity index (χ0) is 7.56. The highest BCUT2D eigenvalue weighted by Gasteiger charge is 2.03. The second-order valence-electron chi connectivity index (χ2n) is 1.68. The molecule has 1 unspecified atom stereocenters. The molecule has 0 aromatic carbocycles. The maximum atomic E-state index is 10.9. The lowest BCUT2D eigenvalue weighted by molar-refractivity contribution is 0.842. The molecule has 0 aliphatic heterocycles. The molecule has 1 atom stereocenters. The third-order valence-corrected chi connectivity index (χ3v) is 2.40. The first kappa shape index (κ1) is 7.57. The third kappa shape index (κ3) is 1.30. The normalized spacial score (nSPS) is 12.9. The number of aromatic nitrogens is 1. The van der Waals surface area contributed by atoms with Crippen molar-refractivity contribution in [2.45, 2.75) is 5.50 Å². The van der Waals surface area contributed by atoms with Crippen molar-refractivity contribution in [2.24, 2.45) is 0 Å². The first-order valence-electron chi connectivity index (χ1n) is 2.69. The Morgan fingerprint density at radius 1 is 1.90 bits per heavy atom. The fraction of sp³-hybridized carbons (Fsp3) is 0.167. The lowest BCUT2D eigenvalue weighted by Gasteiger charge is -2.00. The topological polar surface area (TPSA) is 22.0 Å². The maximum Gasteiger partial charge on any atom is 0.262 e. The van der Waals surface area contributed by atoms with Crippen LogP contribution < -0.4 is 5.56 Å². The van der Waals surface area contributed by atoms with Gasteiger partial charge >= 0.3 is 0 Å². The van der Waals surface area contributed by atoms with Crippen molar-refractivity contribution in [1.29, 1.82) is 0 Å². The molecule has 1 aromatic rings. The fourth-order valence-electron chi connectivity index (χ4n) is 0.555. The highest BCUT2D eigenvalue weighted by molar-refractivity contribution is 7.04. The van der Waals surface area contributed by atoms with E-state index in [4.69, 9.17) is 11.6 Å². The van der Waals surface area contributed by atoms with E-state index in [1.54, 1.807) is 5.38 Å². The average molecular weight is 176 g/mol. The quantitative estimate of drug-likeness (QED) is 0.497. The second kappa shape index (κ2) is 3.03. The number of rotatable bonds is 2. The predicted octanol–water partition coefficient (Wildman–Crippen LogP) is 1.83. The fourth-order valence-corrected chi connectivity index (χ4v) is 1.46. The molecule has 1 heterocycles. The van der Waals surface area contributed by atoms with Crippen molar-refractivity contribution in [3.05, 3.63) is 34.5 Å². The Hall–Kier alpha value is -0.540. The Bertz CT molecular complexity index is 277. The van der Waals surface area contributed by atoms with Crippen LogP contribution in [0.4, 0.5) is 0 Å². The summed E-state index contributed by atoms with van der Waals surface area (Å²) >= 11 is 6.98. The van der Waals surface area contributed by atoms with Gasteiger partial charge in [0.1, 0.15) is 5.50 Å². The Balaban J connectivity index is 3.04. The molecule has 54 valence electrons. The highest BCUT2D eigenvalue weighted by atomic mass is 35.5. The van der Waals surface area contributed by atoms with Gasteiger partial charge in [-0.15, -0.1) is 0 Å². The molecule has 4 heteroatoms. The summed E-state index contributed by atoms with van der Waals surface area (Å²) in [5.41, 5.74) is -0.489. The molecule has 0 saturated carbocycles. The van der Waals surface area contributed by atoms with Gasteiger partial charge in [-0.05, 0) is 0 Å². The Morgan fingerprint density at radius 2 is 2.60 bits per heavy atom. The summed E-state index contributed by atoms with van der Waals surface area (Å²) in [5.74, 6) is 0. The van der Waals surface area contributed by atoms with Crippen LogP contribution in [0.5, 0.6) is 0 Å². The number of allylic oxidation sites excluding steroid dienone is 1. The van der Waals surface area contributed by atoms with Crippen LogP contribution in [0.15, 0.2) is 28.9 Å². The van der Waals surface area contributed by atoms with E-state index in [9.17, 15) is 4.79 Å². The number of nitrogens with zero attached hydrogens (tertiary/aromatic N) is 1. The summed E-state index contributed by atoms with van der Waals surface area (Å²) in [6.07, 6.45) is 1.51. The minimum Gasteiger partial charge on any atom is -0.268 e. The molecular formula is C6H6ClNOS. The summed E-state index contributed by atoms with van der Waals surface area (Å²) < 4.78 is 1.44. The Morgan fingerprint density at radius 3 is 3.00 bits per heavy atom. The van der Waals surface area contributed by atoms with E-state index < -0.39 is 5.50 Å². The zero-order valence-electron chi connectivity index (χ0n) is 5.16. The number of hydrogen-bond acceptors (Lipinski definition) is 2. The van der Waals surface area contributed by atoms with Crippen molar-refractivity contribution in [2.75, 3.05) is 0 Å². The van der Waals surface area contributed by atoms with Gasteiger partial charge in [-0.25, -0.2) is 3.96 Å². The van der Waals surface area contributed by atoms with Gasteiger partial charge < -0.3 is 0 Å². The van der Waals surface area contributed by atoms with Crippen LogP contribution in [0.3, 0.4) is 0 Å². The van der Waals surface area contributed by atoms with Crippen LogP contribution in [-0.4, -0.2) is 3.96 Å². The zero-order valence-corrected chi connectivity index (χ0v) is 6.73. The van der Waals surface area contributed by atoms with Crippen molar-refractivity contribution < 1.29 is 0 Å². The molecule has 0 saturated heterocycles. The van der Waals surface area contributed by atoms with Gasteiger partial charge in [0.25, 0.3) is 5.56 Å². The Labute approximate surface area is 67.5 Å². The van der Waals surface area contributed by atoms with Crippen molar-refractivity contribution >= 4 is 23.1 Å². The van der Waals surface area contributed by atoms with E-state index in [0.717, 1.165) is 0 Å². The molecule has 0 aliphatic rings. The molecule has 0 aliphatic carbocycles. The van der Waals surface area contributed by atoms with Gasteiger partial charge in [0, 0.05) is 11.4 Å². The molecular weight excluding hydrogens is 170 g/mol. The smallest absolute Gasteiger partial charge is 0.262 e. The number of halogens is 1. The molecule has 2 nitrogen and oxygen atoms in total. The van der Waals surface area contributed by atoms with E-state index in [1.807, 2.05) is 0 Å². The van der Waals surface area contributed by atoms with Crippen LogP contribution in [0.2, 0.25) is 0 Å². The van der Waals surface area contributed by atoms with Crippen molar-refractivity contribution in [3.8, 4) is 0 Å². The molecule has 0 fully saturated rings. The van der Waals surface area contributed by atoms with E-state index in [-0.39, 0.29) is 5.56 Å². The molecule has 0 bridgehead atoms. The molecule has 0 amide bonds. The van der Waals surface area contributed by atoms with E-state index in [2.05, 4.69) is 6.58 Å². The summed E-state index contributed by atoms with van der Waals surface area (Å²) in [4.78, 5) is 10.9. The van der Waals surface area contributed by atoms with Crippen LogP contribution in [0.25, 0.3) is 0 Å². The summed E-state index contributed by atoms with van der Waals surface area (Å²) in [5, 5.41) is 1.70. The monoisotopic (exact) mass is 175 g/mol. The maximum absolute atomic E-state index is 10.9. The first-order valence-corrected chi connectivity index (χ1v) is 3.96. The summed E-state index contributed by atoms with van der Waals surface area (Å²) in [6, 6.07) is 1.48. The van der Waals surface area contributed by atoms with Gasteiger partial charge in [-0.3, -0.25) is 4.79 Å². The minimum absolute atomic E-state index is 0.0788. The molecule has 10 heavy (non-hydrogen) atoms. The van der Waals surface area contributed by atoms with Crippen LogP contribution in [-0.2, 0) is 0 Å². The first-order chi connectivity index (χ1) is 4.75. The molecule has 1 rings (SSSR count). The number of hydrogen-bond donors (Lipinski definition) is 0. The van der Waals surface area contributed by atoms with Crippen LogP contribution in [0.1, 0.15) is 5.50 Å². The van der Waals surface area contributed by atoms with E-state index in [1.165, 1.54) is 27.6 Å².